The van der Waals surface area contributed by atoms with Gasteiger partial charge < -0.3 is 14.8 Å². The summed E-state index contributed by atoms with van der Waals surface area (Å²) in [7, 11) is 3.28. The van der Waals surface area contributed by atoms with Crippen molar-refractivity contribution in [3.8, 4) is 28.4 Å². The molecule has 0 atom stereocenters. The number of ether oxygens (including phenoxy) is 2. The van der Waals surface area contributed by atoms with Crippen LogP contribution in [0.25, 0.3) is 16.9 Å². The summed E-state index contributed by atoms with van der Waals surface area (Å²) in [6.07, 6.45) is 2.08. The Balaban J connectivity index is 0.00000272. The lowest BCUT2D eigenvalue weighted by molar-refractivity contribution is 0.355. The Bertz CT molecular complexity index is 1100. The number of nitrogens with zero attached hydrogens (tertiary/aromatic N) is 2. The van der Waals surface area contributed by atoms with E-state index in [1.807, 2.05) is 59.3 Å². The summed E-state index contributed by atoms with van der Waals surface area (Å²) in [5, 5.41) is 8.42. The van der Waals surface area contributed by atoms with Crippen molar-refractivity contribution in [1.82, 2.24) is 15.1 Å². The molecule has 0 radical (unpaired) electrons. The third kappa shape index (κ3) is 5.26. The van der Waals surface area contributed by atoms with E-state index >= 15 is 0 Å². The molecule has 0 amide bonds. The second-order valence-corrected chi connectivity index (χ2v) is 6.94. The summed E-state index contributed by atoms with van der Waals surface area (Å²) < 4.78 is 12.8. The second-order valence-electron chi connectivity index (χ2n) is 6.94. The molecule has 6 heteroatoms. The van der Waals surface area contributed by atoms with E-state index in [4.69, 9.17) is 14.6 Å². The SMILES string of the molecule is COc1ccc(-c2nn(-c3ccccc3)cc2CNCc2ccccc2)cc1OC.Cl. The van der Waals surface area contributed by atoms with Gasteiger partial charge in [-0.05, 0) is 35.9 Å². The first kappa shape index (κ1) is 22.4. The van der Waals surface area contributed by atoms with Crippen molar-refractivity contribution in [2.75, 3.05) is 14.2 Å². The number of methoxy groups -OCH3 is 2. The van der Waals surface area contributed by atoms with E-state index in [-0.39, 0.29) is 12.4 Å². The Morgan fingerprint density at radius 3 is 2.16 bits per heavy atom. The van der Waals surface area contributed by atoms with E-state index < -0.39 is 0 Å². The highest BCUT2D eigenvalue weighted by molar-refractivity contribution is 5.85. The molecule has 31 heavy (non-hydrogen) atoms. The average Bonchev–Trinajstić information content (AvgIpc) is 3.24. The molecule has 4 aromatic rings. The molecule has 1 aromatic heterocycles. The number of hydrogen-bond acceptors (Lipinski definition) is 4. The highest BCUT2D eigenvalue weighted by Crippen LogP contribution is 2.33. The lowest BCUT2D eigenvalue weighted by Crippen LogP contribution is -2.12. The predicted octanol–water partition coefficient (Wildman–Crippen LogP) is 5.27. The Morgan fingerprint density at radius 2 is 1.48 bits per heavy atom. The fourth-order valence-electron chi connectivity index (χ4n) is 3.42. The van der Waals surface area contributed by atoms with Crippen LogP contribution in [0.15, 0.2) is 85.1 Å². The van der Waals surface area contributed by atoms with Gasteiger partial charge in [0, 0.05) is 30.4 Å². The Morgan fingerprint density at radius 1 is 0.806 bits per heavy atom. The van der Waals surface area contributed by atoms with E-state index in [0.717, 1.165) is 29.1 Å². The summed E-state index contributed by atoms with van der Waals surface area (Å²) in [6, 6.07) is 26.4. The van der Waals surface area contributed by atoms with Crippen molar-refractivity contribution in [2.24, 2.45) is 0 Å². The van der Waals surface area contributed by atoms with Crippen LogP contribution in [0, 0.1) is 0 Å². The zero-order chi connectivity index (χ0) is 20.8. The number of aromatic nitrogens is 2. The Kier molecular flexibility index (Phi) is 7.70. The molecular formula is C25H26ClN3O2. The standard InChI is InChI=1S/C25H25N3O2.ClH/c1-29-23-14-13-20(15-24(23)30-2)25-21(17-26-16-19-9-5-3-6-10-19)18-28(27-25)22-11-7-4-8-12-22;/h3-15,18,26H,16-17H2,1-2H3;1H. The molecule has 0 fully saturated rings. The van der Waals surface area contributed by atoms with E-state index in [1.165, 1.54) is 5.56 Å². The van der Waals surface area contributed by atoms with Crippen LogP contribution in [0.1, 0.15) is 11.1 Å². The van der Waals surface area contributed by atoms with Gasteiger partial charge in [0.1, 0.15) is 0 Å². The lowest BCUT2D eigenvalue weighted by Gasteiger charge is -2.10. The van der Waals surface area contributed by atoms with Crippen molar-refractivity contribution in [2.45, 2.75) is 13.1 Å². The third-order valence-electron chi connectivity index (χ3n) is 4.96. The summed E-state index contributed by atoms with van der Waals surface area (Å²) in [6.45, 7) is 1.49. The van der Waals surface area contributed by atoms with Crippen LogP contribution < -0.4 is 14.8 Å². The van der Waals surface area contributed by atoms with Crippen molar-refractivity contribution >= 4 is 12.4 Å². The van der Waals surface area contributed by atoms with Gasteiger partial charge in [-0.2, -0.15) is 5.10 Å². The van der Waals surface area contributed by atoms with Gasteiger partial charge in [-0.1, -0.05) is 48.5 Å². The first-order valence-corrected chi connectivity index (χ1v) is 9.89. The maximum atomic E-state index is 5.49. The summed E-state index contributed by atoms with van der Waals surface area (Å²) >= 11 is 0. The van der Waals surface area contributed by atoms with Crippen LogP contribution in [0.3, 0.4) is 0 Å². The number of rotatable bonds is 8. The maximum Gasteiger partial charge on any atom is 0.161 e. The summed E-state index contributed by atoms with van der Waals surface area (Å²) in [4.78, 5) is 0. The largest absolute Gasteiger partial charge is 0.493 e. The van der Waals surface area contributed by atoms with Gasteiger partial charge in [0.25, 0.3) is 0 Å². The van der Waals surface area contributed by atoms with Gasteiger partial charge >= 0.3 is 0 Å². The molecule has 0 aliphatic rings. The normalized spacial score (nSPS) is 10.4. The molecule has 0 spiro atoms. The lowest BCUT2D eigenvalue weighted by atomic mass is 10.1. The van der Waals surface area contributed by atoms with Crippen LogP contribution in [0.5, 0.6) is 11.5 Å². The maximum absolute atomic E-state index is 5.49. The fourth-order valence-corrected chi connectivity index (χ4v) is 3.42. The topological polar surface area (TPSA) is 48.3 Å². The highest BCUT2D eigenvalue weighted by atomic mass is 35.5. The van der Waals surface area contributed by atoms with Gasteiger partial charge in [0.05, 0.1) is 25.6 Å². The summed E-state index contributed by atoms with van der Waals surface area (Å²) in [5.74, 6) is 1.39. The van der Waals surface area contributed by atoms with Gasteiger partial charge in [-0.15, -0.1) is 12.4 Å². The van der Waals surface area contributed by atoms with Gasteiger partial charge in [-0.3, -0.25) is 0 Å². The minimum absolute atomic E-state index is 0. The first-order valence-electron chi connectivity index (χ1n) is 9.89. The first-order chi connectivity index (χ1) is 14.8. The molecule has 0 aliphatic heterocycles. The number of halogens is 1. The minimum Gasteiger partial charge on any atom is -0.493 e. The minimum atomic E-state index is 0. The molecule has 160 valence electrons. The Labute approximate surface area is 189 Å². The monoisotopic (exact) mass is 435 g/mol. The van der Waals surface area contributed by atoms with E-state index in [1.54, 1.807) is 14.2 Å². The van der Waals surface area contributed by atoms with Crippen LogP contribution in [-0.4, -0.2) is 24.0 Å². The van der Waals surface area contributed by atoms with E-state index in [0.29, 0.717) is 18.0 Å². The zero-order valence-electron chi connectivity index (χ0n) is 17.6. The molecule has 0 saturated carbocycles. The third-order valence-corrected chi connectivity index (χ3v) is 4.96. The number of benzene rings is 3. The molecule has 1 heterocycles. The van der Waals surface area contributed by atoms with Crippen LogP contribution >= 0.6 is 12.4 Å². The van der Waals surface area contributed by atoms with Gasteiger partial charge in [-0.25, -0.2) is 4.68 Å². The predicted molar refractivity (Wildman–Crippen MR) is 126 cm³/mol. The fraction of sp³-hybridized carbons (Fsp3) is 0.160. The summed E-state index contributed by atoms with van der Waals surface area (Å²) in [5.41, 5.74) is 5.29. The molecule has 0 aliphatic carbocycles. The molecular weight excluding hydrogens is 410 g/mol. The van der Waals surface area contributed by atoms with Crippen LogP contribution in [0.4, 0.5) is 0 Å². The van der Waals surface area contributed by atoms with E-state index in [9.17, 15) is 0 Å². The van der Waals surface area contributed by atoms with Crippen molar-refractivity contribution in [3.05, 3.63) is 96.2 Å². The highest BCUT2D eigenvalue weighted by Gasteiger charge is 2.15. The molecule has 3 aromatic carbocycles. The molecule has 5 nitrogen and oxygen atoms in total. The number of para-hydroxylation sites is 1. The Hall–Kier alpha value is -3.28. The van der Waals surface area contributed by atoms with Gasteiger partial charge in [0.2, 0.25) is 0 Å². The van der Waals surface area contributed by atoms with Crippen LogP contribution in [-0.2, 0) is 13.1 Å². The van der Waals surface area contributed by atoms with Crippen LogP contribution in [0.2, 0.25) is 0 Å². The smallest absolute Gasteiger partial charge is 0.161 e. The van der Waals surface area contributed by atoms with Gasteiger partial charge in [0.15, 0.2) is 11.5 Å². The van der Waals surface area contributed by atoms with Crippen molar-refractivity contribution in [1.29, 1.82) is 0 Å². The molecule has 0 saturated heterocycles. The molecule has 0 unspecified atom stereocenters. The average molecular weight is 436 g/mol. The van der Waals surface area contributed by atoms with Crippen molar-refractivity contribution < 1.29 is 9.47 Å². The second kappa shape index (κ2) is 10.7. The van der Waals surface area contributed by atoms with Crippen molar-refractivity contribution in [3.63, 3.8) is 0 Å². The zero-order valence-corrected chi connectivity index (χ0v) is 18.4. The number of nitrogens with one attached hydrogen (secondary N) is 1. The van der Waals surface area contributed by atoms with E-state index in [2.05, 4.69) is 35.8 Å². The number of hydrogen-bond donors (Lipinski definition) is 1. The molecule has 4 rings (SSSR count). The molecule has 1 N–H and O–H groups in total. The molecule has 0 bridgehead atoms. The quantitative estimate of drug-likeness (QED) is 0.409.